The van der Waals surface area contributed by atoms with Crippen LogP contribution in [0.1, 0.15) is 27.9 Å². The lowest BCUT2D eigenvalue weighted by atomic mass is 10.1. The third kappa shape index (κ3) is 5.85. The maximum Gasteiger partial charge on any atom is 0.323 e. The molecule has 3 amide bonds. The summed E-state index contributed by atoms with van der Waals surface area (Å²) in [7, 11) is 3.33. The van der Waals surface area contributed by atoms with Crippen molar-refractivity contribution in [3.63, 3.8) is 0 Å². The van der Waals surface area contributed by atoms with Gasteiger partial charge in [0.25, 0.3) is 5.91 Å². The molecule has 7 nitrogen and oxygen atoms in total. The van der Waals surface area contributed by atoms with Crippen LogP contribution in [0.15, 0.2) is 42.5 Å². The number of aryl methyl sites for hydroxylation is 2. The number of carboxylic acids is 1. The van der Waals surface area contributed by atoms with E-state index in [0.717, 1.165) is 11.1 Å². The van der Waals surface area contributed by atoms with Gasteiger partial charge in [0.05, 0.1) is 0 Å². The van der Waals surface area contributed by atoms with Crippen LogP contribution in [-0.2, 0) is 11.2 Å². The van der Waals surface area contributed by atoms with Gasteiger partial charge in [-0.3, -0.25) is 9.59 Å². The highest BCUT2D eigenvalue weighted by molar-refractivity contribution is 6.02. The normalized spacial score (nSPS) is 10.2. The van der Waals surface area contributed by atoms with Crippen LogP contribution in [0, 0.1) is 6.92 Å². The molecule has 0 bridgehead atoms. The van der Waals surface area contributed by atoms with Crippen molar-refractivity contribution in [2.75, 3.05) is 24.7 Å². The van der Waals surface area contributed by atoms with Crippen molar-refractivity contribution in [3.05, 3.63) is 59.2 Å². The van der Waals surface area contributed by atoms with Crippen molar-refractivity contribution < 1.29 is 19.5 Å². The number of urea groups is 1. The van der Waals surface area contributed by atoms with Gasteiger partial charge in [0.1, 0.15) is 0 Å². The average Bonchev–Trinajstić information content (AvgIpc) is 2.61. The number of rotatable bonds is 6. The predicted octanol–water partition coefficient (Wildman–Crippen LogP) is 3.36. The fourth-order valence-corrected chi connectivity index (χ4v) is 2.49. The molecule has 0 aliphatic rings. The molecule has 0 saturated heterocycles. The molecular weight excluding hydrogens is 346 g/mol. The second-order valence-electron chi connectivity index (χ2n) is 6.40. The lowest BCUT2D eigenvalue weighted by Gasteiger charge is -2.14. The van der Waals surface area contributed by atoms with Crippen molar-refractivity contribution in [1.82, 2.24) is 4.90 Å². The van der Waals surface area contributed by atoms with E-state index in [-0.39, 0.29) is 12.3 Å². The fourth-order valence-electron chi connectivity index (χ4n) is 2.49. The first-order valence-electron chi connectivity index (χ1n) is 8.47. The molecular formula is C20H23N3O4. The molecule has 0 radical (unpaired) electrons. The zero-order chi connectivity index (χ0) is 20.0. The third-order valence-electron chi connectivity index (χ3n) is 3.95. The quantitative estimate of drug-likeness (QED) is 0.727. The Bertz CT molecular complexity index is 862. The number of carboxylic acid groups (broad SMARTS) is 1. The molecule has 27 heavy (non-hydrogen) atoms. The van der Waals surface area contributed by atoms with Gasteiger partial charge in [0.15, 0.2) is 0 Å². The molecule has 0 aliphatic heterocycles. The van der Waals surface area contributed by atoms with Gasteiger partial charge >= 0.3 is 12.0 Å². The first-order chi connectivity index (χ1) is 12.8. The summed E-state index contributed by atoms with van der Waals surface area (Å²) < 4.78 is 0. The van der Waals surface area contributed by atoms with Crippen molar-refractivity contribution >= 4 is 29.3 Å². The highest BCUT2D eigenvalue weighted by atomic mass is 16.4. The van der Waals surface area contributed by atoms with Gasteiger partial charge in [-0.2, -0.15) is 0 Å². The van der Waals surface area contributed by atoms with Crippen LogP contribution in [0.5, 0.6) is 0 Å². The Kier molecular flexibility index (Phi) is 6.54. The molecule has 3 N–H and O–H groups in total. The molecule has 0 unspecified atom stereocenters. The number of nitrogens with one attached hydrogen (secondary N) is 2. The summed E-state index contributed by atoms with van der Waals surface area (Å²) in [6, 6.07) is 11.7. The number of carbonyl (C=O) groups excluding carboxylic acids is 2. The minimum absolute atomic E-state index is 0.0293. The van der Waals surface area contributed by atoms with E-state index in [0.29, 0.717) is 23.4 Å². The molecule has 2 aromatic rings. The van der Waals surface area contributed by atoms with Crippen molar-refractivity contribution in [1.29, 1.82) is 0 Å². The first kappa shape index (κ1) is 20.0. The topological polar surface area (TPSA) is 98.7 Å². The molecule has 0 fully saturated rings. The highest BCUT2D eigenvalue weighted by Gasteiger charge is 2.12. The van der Waals surface area contributed by atoms with Gasteiger partial charge in [-0.1, -0.05) is 18.2 Å². The smallest absolute Gasteiger partial charge is 0.323 e. The lowest BCUT2D eigenvalue weighted by molar-refractivity contribution is -0.136. The second kappa shape index (κ2) is 8.84. The van der Waals surface area contributed by atoms with E-state index in [1.165, 1.54) is 4.90 Å². The minimum Gasteiger partial charge on any atom is -0.481 e. The maximum atomic E-state index is 12.3. The molecule has 7 heteroatoms. The molecule has 0 heterocycles. The zero-order valence-corrected chi connectivity index (χ0v) is 15.6. The van der Waals surface area contributed by atoms with E-state index in [1.54, 1.807) is 50.5 Å². The number of hydrogen-bond donors (Lipinski definition) is 3. The summed E-state index contributed by atoms with van der Waals surface area (Å²) in [6.45, 7) is 1.84. The number of amides is 3. The average molecular weight is 369 g/mol. The number of carbonyl (C=O) groups is 3. The Balaban J connectivity index is 2.07. The standard InChI is InChI=1S/C20H23N3O4/c1-13-7-9-15(19(26)23(2)3)12-17(13)22-20(27)21-16-6-4-5-14(11-16)8-10-18(24)25/h4-7,9,11-12H,8,10H2,1-3H3,(H,24,25)(H2,21,22,27). The summed E-state index contributed by atoms with van der Waals surface area (Å²) in [5.74, 6) is -1.02. The van der Waals surface area contributed by atoms with Gasteiger partial charge < -0.3 is 20.6 Å². The summed E-state index contributed by atoms with van der Waals surface area (Å²) >= 11 is 0. The summed E-state index contributed by atoms with van der Waals surface area (Å²) in [5, 5.41) is 14.2. The van der Waals surface area contributed by atoms with Crippen molar-refractivity contribution in [2.45, 2.75) is 19.8 Å². The van der Waals surface area contributed by atoms with E-state index in [4.69, 9.17) is 5.11 Å². The van der Waals surface area contributed by atoms with E-state index >= 15 is 0 Å². The van der Waals surface area contributed by atoms with Crippen LogP contribution >= 0.6 is 0 Å². The molecule has 0 atom stereocenters. The molecule has 142 valence electrons. The van der Waals surface area contributed by atoms with E-state index in [1.807, 2.05) is 13.0 Å². The Morgan fingerprint density at radius 1 is 1.04 bits per heavy atom. The van der Waals surface area contributed by atoms with Gasteiger partial charge in [-0.15, -0.1) is 0 Å². The van der Waals surface area contributed by atoms with Gasteiger partial charge in [0.2, 0.25) is 0 Å². The predicted molar refractivity (Wildman–Crippen MR) is 104 cm³/mol. The fraction of sp³-hybridized carbons (Fsp3) is 0.250. The minimum atomic E-state index is -0.867. The van der Waals surface area contributed by atoms with Gasteiger partial charge in [0, 0.05) is 37.5 Å². The third-order valence-corrected chi connectivity index (χ3v) is 3.95. The van der Waals surface area contributed by atoms with Gasteiger partial charge in [-0.25, -0.2) is 4.79 Å². The van der Waals surface area contributed by atoms with E-state index < -0.39 is 12.0 Å². The lowest BCUT2D eigenvalue weighted by Crippen LogP contribution is -2.23. The summed E-state index contributed by atoms with van der Waals surface area (Å²) in [4.78, 5) is 36.6. The highest BCUT2D eigenvalue weighted by Crippen LogP contribution is 2.19. The Hall–Kier alpha value is -3.35. The van der Waals surface area contributed by atoms with E-state index in [2.05, 4.69) is 10.6 Å². The second-order valence-corrected chi connectivity index (χ2v) is 6.40. The zero-order valence-electron chi connectivity index (χ0n) is 15.6. The number of aliphatic carboxylic acids is 1. The number of nitrogens with zero attached hydrogens (tertiary/aromatic N) is 1. The van der Waals surface area contributed by atoms with Crippen LogP contribution in [0.25, 0.3) is 0 Å². The van der Waals surface area contributed by atoms with Gasteiger partial charge in [-0.05, 0) is 48.7 Å². The largest absolute Gasteiger partial charge is 0.481 e. The molecule has 2 aromatic carbocycles. The maximum absolute atomic E-state index is 12.3. The number of hydrogen-bond acceptors (Lipinski definition) is 3. The molecule has 0 aromatic heterocycles. The molecule has 2 rings (SSSR count). The van der Waals surface area contributed by atoms with Crippen LogP contribution in [-0.4, -0.2) is 42.0 Å². The Morgan fingerprint density at radius 2 is 1.78 bits per heavy atom. The van der Waals surface area contributed by atoms with E-state index in [9.17, 15) is 14.4 Å². The number of benzene rings is 2. The van der Waals surface area contributed by atoms with Crippen LogP contribution < -0.4 is 10.6 Å². The molecule has 0 aliphatic carbocycles. The monoisotopic (exact) mass is 369 g/mol. The van der Waals surface area contributed by atoms with Crippen LogP contribution in [0.3, 0.4) is 0 Å². The first-order valence-corrected chi connectivity index (χ1v) is 8.47. The molecule has 0 saturated carbocycles. The van der Waals surface area contributed by atoms with Crippen molar-refractivity contribution in [2.24, 2.45) is 0 Å². The van der Waals surface area contributed by atoms with Crippen LogP contribution in [0.2, 0.25) is 0 Å². The Morgan fingerprint density at radius 3 is 2.44 bits per heavy atom. The summed E-state index contributed by atoms with van der Waals surface area (Å²) in [5.41, 5.74) is 3.24. The SMILES string of the molecule is Cc1ccc(C(=O)N(C)C)cc1NC(=O)Nc1cccc(CCC(=O)O)c1. The summed E-state index contributed by atoms with van der Waals surface area (Å²) in [6.07, 6.45) is 0.418. The Labute approximate surface area is 158 Å². The van der Waals surface area contributed by atoms with Crippen LogP contribution in [0.4, 0.5) is 16.2 Å². The number of anilines is 2. The molecule has 0 spiro atoms. The van der Waals surface area contributed by atoms with Crippen molar-refractivity contribution in [3.8, 4) is 0 Å².